The molecule has 4 rings (SSSR count). The monoisotopic (exact) mass is 398 g/mol. The van der Waals surface area contributed by atoms with Gasteiger partial charge in [-0.25, -0.2) is 19.0 Å². The van der Waals surface area contributed by atoms with Gasteiger partial charge in [0.25, 0.3) is 0 Å². The van der Waals surface area contributed by atoms with E-state index in [1.165, 1.54) is 42.4 Å². The Morgan fingerprint density at radius 1 is 1.07 bits per heavy atom. The number of benzene rings is 2. The fraction of sp³-hybridized carbons (Fsp3) is 0.0526. The minimum absolute atomic E-state index is 0.100. The van der Waals surface area contributed by atoms with Crippen LogP contribution >= 0.6 is 23.4 Å². The Kier molecular flexibility index (Phi) is 4.87. The molecule has 0 fully saturated rings. The molecule has 0 aliphatic heterocycles. The van der Waals surface area contributed by atoms with Gasteiger partial charge in [0.2, 0.25) is 0 Å². The largest absolute Gasteiger partial charge is 0.293 e. The molecular weight excluding hydrogens is 387 g/mol. The lowest BCUT2D eigenvalue weighted by Gasteiger charge is -2.04. The van der Waals surface area contributed by atoms with Crippen LogP contribution in [-0.2, 0) is 0 Å². The zero-order valence-electron chi connectivity index (χ0n) is 13.8. The fourth-order valence-corrected chi connectivity index (χ4v) is 3.54. The maximum absolute atomic E-state index is 13.0. The van der Waals surface area contributed by atoms with E-state index in [1.807, 2.05) is 12.1 Å². The summed E-state index contributed by atoms with van der Waals surface area (Å²) in [5, 5.41) is 6.44. The third-order valence-electron chi connectivity index (χ3n) is 3.91. The average Bonchev–Trinajstić information content (AvgIpc) is 3.12. The Morgan fingerprint density at radius 2 is 1.81 bits per heavy atom. The molecule has 134 valence electrons. The summed E-state index contributed by atoms with van der Waals surface area (Å²) in [6, 6.07) is 12.8. The lowest BCUT2D eigenvalue weighted by Crippen LogP contribution is -2.03. The van der Waals surface area contributed by atoms with Crippen LogP contribution in [0.4, 0.5) is 4.39 Å². The average molecular weight is 399 g/mol. The number of ketones is 1. The maximum atomic E-state index is 13.0. The maximum Gasteiger partial charge on any atom is 0.173 e. The second-order valence-electron chi connectivity index (χ2n) is 5.67. The zero-order valence-corrected chi connectivity index (χ0v) is 15.4. The van der Waals surface area contributed by atoms with E-state index in [2.05, 4.69) is 15.1 Å². The van der Waals surface area contributed by atoms with Gasteiger partial charge in [-0.3, -0.25) is 4.79 Å². The molecule has 0 aliphatic rings. The van der Waals surface area contributed by atoms with Crippen molar-refractivity contribution < 1.29 is 9.18 Å². The van der Waals surface area contributed by atoms with Gasteiger partial charge < -0.3 is 0 Å². The molecule has 27 heavy (non-hydrogen) atoms. The number of carbonyl (C=O) groups is 1. The minimum Gasteiger partial charge on any atom is -0.293 e. The van der Waals surface area contributed by atoms with Crippen LogP contribution in [0.2, 0.25) is 5.02 Å². The van der Waals surface area contributed by atoms with Crippen molar-refractivity contribution >= 4 is 40.2 Å². The van der Waals surface area contributed by atoms with Gasteiger partial charge in [-0.05, 0) is 48.5 Å². The number of halogens is 2. The molecule has 0 spiro atoms. The van der Waals surface area contributed by atoms with Crippen LogP contribution < -0.4 is 0 Å². The number of rotatable bonds is 5. The highest BCUT2D eigenvalue weighted by Crippen LogP contribution is 2.26. The van der Waals surface area contributed by atoms with Gasteiger partial charge in [0.05, 0.1) is 23.0 Å². The van der Waals surface area contributed by atoms with E-state index in [-0.39, 0.29) is 17.4 Å². The first-order valence-corrected chi connectivity index (χ1v) is 9.34. The van der Waals surface area contributed by atoms with Gasteiger partial charge in [0.15, 0.2) is 11.4 Å². The van der Waals surface area contributed by atoms with Crippen LogP contribution in [0, 0.1) is 5.82 Å². The summed E-state index contributed by atoms with van der Waals surface area (Å²) in [5.74, 6) is -0.285. The Bertz CT molecular complexity index is 1110. The lowest BCUT2D eigenvalue weighted by atomic mass is 10.1. The highest BCUT2D eigenvalue weighted by Gasteiger charge is 2.14. The summed E-state index contributed by atoms with van der Waals surface area (Å²) in [5.41, 5.74) is 1.93. The normalized spacial score (nSPS) is 11.0. The van der Waals surface area contributed by atoms with Crippen LogP contribution in [0.3, 0.4) is 0 Å². The summed E-state index contributed by atoms with van der Waals surface area (Å²) in [6.45, 7) is 0. The molecule has 5 nitrogen and oxygen atoms in total. The van der Waals surface area contributed by atoms with Gasteiger partial charge in [-0.15, -0.1) is 0 Å². The van der Waals surface area contributed by atoms with E-state index in [9.17, 15) is 9.18 Å². The van der Waals surface area contributed by atoms with Crippen LogP contribution in [0.1, 0.15) is 10.4 Å². The van der Waals surface area contributed by atoms with Crippen LogP contribution in [0.25, 0.3) is 16.7 Å². The van der Waals surface area contributed by atoms with Crippen molar-refractivity contribution in [3.63, 3.8) is 0 Å². The number of hydrogen-bond donors (Lipinski definition) is 0. The predicted molar refractivity (Wildman–Crippen MR) is 103 cm³/mol. The van der Waals surface area contributed by atoms with E-state index < -0.39 is 0 Å². The van der Waals surface area contributed by atoms with Gasteiger partial charge in [-0.1, -0.05) is 23.4 Å². The Hall–Kier alpha value is -2.77. The summed E-state index contributed by atoms with van der Waals surface area (Å²) in [6.07, 6.45) is 3.12. The molecule has 2 aromatic heterocycles. The van der Waals surface area contributed by atoms with Crippen molar-refractivity contribution in [3.05, 3.63) is 77.5 Å². The predicted octanol–water partition coefficient (Wildman–Crippen LogP) is 4.58. The van der Waals surface area contributed by atoms with Crippen molar-refractivity contribution in [1.29, 1.82) is 0 Å². The Morgan fingerprint density at radius 3 is 2.56 bits per heavy atom. The number of thioether (sulfide) groups is 1. The molecule has 0 unspecified atom stereocenters. The molecule has 8 heteroatoms. The van der Waals surface area contributed by atoms with Crippen LogP contribution in [0.15, 0.2) is 66.1 Å². The highest BCUT2D eigenvalue weighted by atomic mass is 35.5. The molecule has 0 atom stereocenters. The molecule has 2 aromatic carbocycles. The third-order valence-corrected chi connectivity index (χ3v) is 5.16. The second kappa shape index (κ2) is 7.46. The Labute approximate surface area is 163 Å². The number of Topliss-reactive ketones (excluding diaryl/α,β-unsaturated/α-hetero) is 1. The van der Waals surface area contributed by atoms with E-state index in [0.717, 1.165) is 11.1 Å². The lowest BCUT2D eigenvalue weighted by molar-refractivity contribution is 0.102. The van der Waals surface area contributed by atoms with E-state index in [0.29, 0.717) is 21.3 Å². The summed E-state index contributed by atoms with van der Waals surface area (Å²) >= 11 is 7.23. The highest BCUT2D eigenvalue weighted by molar-refractivity contribution is 8.00. The summed E-state index contributed by atoms with van der Waals surface area (Å²) < 4.78 is 14.7. The quantitative estimate of drug-likeness (QED) is 0.279. The molecule has 4 aromatic rings. The summed E-state index contributed by atoms with van der Waals surface area (Å²) in [7, 11) is 0. The first kappa shape index (κ1) is 17.6. The molecule has 0 bridgehead atoms. The molecular formula is C19H12ClFN4OS. The Balaban J connectivity index is 1.58. The van der Waals surface area contributed by atoms with Crippen LogP contribution in [-0.4, -0.2) is 31.3 Å². The zero-order chi connectivity index (χ0) is 18.8. The molecule has 0 N–H and O–H groups in total. The first-order chi connectivity index (χ1) is 13.1. The van der Waals surface area contributed by atoms with Crippen molar-refractivity contribution in [2.24, 2.45) is 0 Å². The number of aromatic nitrogens is 4. The molecule has 2 heterocycles. The summed E-state index contributed by atoms with van der Waals surface area (Å²) in [4.78, 5) is 20.9. The van der Waals surface area contributed by atoms with Gasteiger partial charge >= 0.3 is 0 Å². The first-order valence-electron chi connectivity index (χ1n) is 7.98. The van der Waals surface area contributed by atoms with E-state index in [4.69, 9.17) is 11.6 Å². The fourth-order valence-electron chi connectivity index (χ4n) is 2.56. The number of carbonyl (C=O) groups excluding carboxylic acids is 1. The SMILES string of the molecule is O=C(CSc1ncnc2c1cnn2-c1ccc(Cl)cc1)c1ccc(F)cc1. The minimum atomic E-state index is -0.369. The van der Waals surface area contributed by atoms with Crippen molar-refractivity contribution in [2.75, 3.05) is 5.75 Å². The number of hydrogen-bond acceptors (Lipinski definition) is 5. The third kappa shape index (κ3) is 3.70. The van der Waals surface area contributed by atoms with E-state index in [1.54, 1.807) is 23.0 Å². The topological polar surface area (TPSA) is 60.7 Å². The van der Waals surface area contributed by atoms with Crippen LogP contribution in [0.5, 0.6) is 0 Å². The standard InChI is InChI=1S/C19H12ClFN4OS/c20-13-3-7-15(8-4-13)25-18-16(9-24-25)19(23-11-22-18)27-10-17(26)12-1-5-14(21)6-2-12/h1-9,11H,10H2. The van der Waals surface area contributed by atoms with Crippen molar-refractivity contribution in [3.8, 4) is 5.69 Å². The number of nitrogens with zero attached hydrogens (tertiary/aromatic N) is 4. The van der Waals surface area contributed by atoms with Gasteiger partial charge in [0, 0.05) is 10.6 Å². The molecule has 0 saturated heterocycles. The van der Waals surface area contributed by atoms with Gasteiger partial charge in [0.1, 0.15) is 17.2 Å². The molecule has 0 aliphatic carbocycles. The van der Waals surface area contributed by atoms with Crippen molar-refractivity contribution in [1.82, 2.24) is 19.7 Å². The van der Waals surface area contributed by atoms with Gasteiger partial charge in [-0.2, -0.15) is 5.10 Å². The molecule has 0 saturated carbocycles. The smallest absolute Gasteiger partial charge is 0.173 e. The van der Waals surface area contributed by atoms with Crippen molar-refractivity contribution in [2.45, 2.75) is 5.03 Å². The van der Waals surface area contributed by atoms with E-state index >= 15 is 0 Å². The number of fused-ring (bicyclic) bond motifs is 1. The second-order valence-corrected chi connectivity index (χ2v) is 7.07. The molecule has 0 amide bonds. The molecule has 0 radical (unpaired) electrons.